The van der Waals surface area contributed by atoms with Crippen LogP contribution < -0.4 is 10.9 Å². The third-order valence-electron chi connectivity index (χ3n) is 2.65. The van der Waals surface area contributed by atoms with Crippen LogP contribution in [0.5, 0.6) is 0 Å². The molecule has 2 aromatic carbocycles. The highest BCUT2D eigenvalue weighted by Gasteiger charge is 2.22. The largest absolute Gasteiger partial charge is 0.366 e. The first-order valence-electron chi connectivity index (χ1n) is 5.42. The number of halogens is 1. The summed E-state index contributed by atoms with van der Waals surface area (Å²) < 4.78 is 23.4. The first kappa shape index (κ1) is 16.2. The third kappa shape index (κ3) is 3.16. The number of primary amides is 1. The van der Waals surface area contributed by atoms with Gasteiger partial charge in [0.25, 0.3) is 0 Å². The summed E-state index contributed by atoms with van der Waals surface area (Å²) in [5.74, 6) is -0.832. The Bertz CT molecular complexity index is 731. The van der Waals surface area contributed by atoms with Crippen LogP contribution in [0.1, 0.15) is 10.4 Å². The van der Waals surface area contributed by atoms with E-state index in [4.69, 9.17) is 10.9 Å². The minimum Gasteiger partial charge on any atom is -0.366 e. The lowest BCUT2D eigenvalue weighted by molar-refractivity contribution is 0.0997. The van der Waals surface area contributed by atoms with Crippen LogP contribution in [0.3, 0.4) is 0 Å². The number of rotatable bonds is 3. The van der Waals surface area contributed by atoms with Crippen molar-refractivity contribution in [3.8, 4) is 11.1 Å². The van der Waals surface area contributed by atoms with Gasteiger partial charge in [-0.15, -0.1) is 12.4 Å². The maximum atomic E-state index is 11.7. The van der Waals surface area contributed by atoms with Gasteiger partial charge in [0.15, 0.2) is 0 Å². The number of hydrogen-bond acceptors (Lipinski definition) is 3. The van der Waals surface area contributed by atoms with Crippen LogP contribution in [0.2, 0.25) is 0 Å². The van der Waals surface area contributed by atoms with E-state index < -0.39 is 15.9 Å². The maximum absolute atomic E-state index is 11.7. The predicted molar refractivity (Wildman–Crippen MR) is 79.0 cm³/mol. The molecule has 2 aromatic rings. The average molecular weight is 313 g/mol. The van der Waals surface area contributed by atoms with E-state index in [1.807, 2.05) is 0 Å². The van der Waals surface area contributed by atoms with Gasteiger partial charge in [0, 0.05) is 5.56 Å². The Morgan fingerprint density at radius 1 is 0.950 bits per heavy atom. The van der Waals surface area contributed by atoms with Crippen molar-refractivity contribution in [1.29, 1.82) is 0 Å². The molecule has 0 aromatic heterocycles. The first-order valence-corrected chi connectivity index (χ1v) is 6.97. The highest BCUT2D eigenvalue weighted by molar-refractivity contribution is 7.89. The Morgan fingerprint density at radius 2 is 1.55 bits per heavy atom. The molecule has 0 saturated heterocycles. The molecular formula is C13H13ClN2O3S. The van der Waals surface area contributed by atoms with Gasteiger partial charge in [-0.25, -0.2) is 13.6 Å². The minimum absolute atomic E-state index is 0. The quantitative estimate of drug-likeness (QED) is 0.898. The molecule has 1 amide bonds. The number of hydrogen-bond donors (Lipinski definition) is 2. The van der Waals surface area contributed by atoms with Crippen molar-refractivity contribution < 1.29 is 13.2 Å². The molecule has 7 heteroatoms. The Labute approximate surface area is 123 Å². The van der Waals surface area contributed by atoms with Crippen molar-refractivity contribution in [1.82, 2.24) is 0 Å². The average Bonchev–Trinajstić information content (AvgIpc) is 2.38. The lowest BCUT2D eigenvalue weighted by Gasteiger charge is -2.11. The van der Waals surface area contributed by atoms with Crippen LogP contribution >= 0.6 is 12.4 Å². The Hall–Kier alpha value is -1.89. The monoisotopic (exact) mass is 312 g/mol. The van der Waals surface area contributed by atoms with Gasteiger partial charge in [0.05, 0.1) is 5.56 Å². The van der Waals surface area contributed by atoms with Crippen LogP contribution in [0, 0.1) is 0 Å². The molecule has 0 spiro atoms. The molecule has 0 heterocycles. The lowest BCUT2D eigenvalue weighted by Crippen LogP contribution is -2.21. The predicted octanol–water partition coefficient (Wildman–Crippen LogP) is 1.52. The molecule has 0 bridgehead atoms. The van der Waals surface area contributed by atoms with Crippen LogP contribution in [-0.2, 0) is 10.0 Å². The molecule has 4 N–H and O–H groups in total. The van der Waals surface area contributed by atoms with Gasteiger partial charge in [0.2, 0.25) is 15.9 Å². The Morgan fingerprint density at radius 3 is 2.05 bits per heavy atom. The van der Waals surface area contributed by atoms with Crippen molar-refractivity contribution in [3.63, 3.8) is 0 Å². The fourth-order valence-electron chi connectivity index (χ4n) is 1.88. The van der Waals surface area contributed by atoms with Crippen molar-refractivity contribution >= 4 is 28.3 Å². The van der Waals surface area contributed by atoms with Crippen LogP contribution in [0.25, 0.3) is 11.1 Å². The second kappa shape index (κ2) is 6.04. The summed E-state index contributed by atoms with van der Waals surface area (Å²) in [6, 6.07) is 13.3. The number of amides is 1. The van der Waals surface area contributed by atoms with E-state index in [0.717, 1.165) is 0 Å². The number of carbonyl (C=O) groups excluding carboxylic acids is 1. The van der Waals surface area contributed by atoms with Crippen molar-refractivity contribution in [2.24, 2.45) is 10.9 Å². The third-order valence-corrected chi connectivity index (χ3v) is 3.66. The second-order valence-corrected chi connectivity index (χ2v) is 5.46. The summed E-state index contributed by atoms with van der Waals surface area (Å²) in [6.07, 6.45) is 0. The summed E-state index contributed by atoms with van der Waals surface area (Å²) in [5, 5.41) is 5.20. The van der Waals surface area contributed by atoms with E-state index >= 15 is 0 Å². The smallest absolute Gasteiger partial charge is 0.250 e. The van der Waals surface area contributed by atoms with E-state index in [-0.39, 0.29) is 22.9 Å². The zero-order valence-electron chi connectivity index (χ0n) is 10.3. The summed E-state index contributed by atoms with van der Waals surface area (Å²) in [6.45, 7) is 0. The fraction of sp³-hybridized carbons (Fsp3) is 0. The zero-order valence-corrected chi connectivity index (χ0v) is 11.9. The van der Waals surface area contributed by atoms with Gasteiger partial charge in [-0.2, -0.15) is 0 Å². The maximum Gasteiger partial charge on any atom is 0.250 e. The number of benzene rings is 2. The van der Waals surface area contributed by atoms with Crippen molar-refractivity contribution in [2.75, 3.05) is 0 Å². The standard InChI is InChI=1S/C13H12N2O3S.ClH/c14-13(16)11-8-4-7-10(12(11)19(15,17)18)9-5-2-1-3-6-9;/h1-8H,(H2,14,16)(H2,15,17,18);1H. The van der Waals surface area contributed by atoms with Gasteiger partial charge in [-0.05, 0) is 11.6 Å². The summed E-state index contributed by atoms with van der Waals surface area (Å²) in [5.41, 5.74) is 6.10. The zero-order chi connectivity index (χ0) is 14.0. The van der Waals surface area contributed by atoms with E-state index in [9.17, 15) is 13.2 Å². The van der Waals surface area contributed by atoms with Crippen LogP contribution in [0.4, 0.5) is 0 Å². The highest BCUT2D eigenvalue weighted by atomic mass is 35.5. The lowest BCUT2D eigenvalue weighted by atomic mass is 10.0. The number of primary sulfonamides is 1. The second-order valence-electron chi connectivity index (χ2n) is 3.96. The number of sulfonamides is 1. The normalized spacial score (nSPS) is 10.7. The van der Waals surface area contributed by atoms with E-state index in [1.165, 1.54) is 6.07 Å². The van der Waals surface area contributed by atoms with Crippen molar-refractivity contribution in [2.45, 2.75) is 4.90 Å². The molecule has 2 rings (SSSR count). The molecule has 5 nitrogen and oxygen atoms in total. The minimum atomic E-state index is -4.06. The number of carbonyl (C=O) groups is 1. The van der Waals surface area contributed by atoms with Crippen molar-refractivity contribution in [3.05, 3.63) is 54.1 Å². The van der Waals surface area contributed by atoms with Gasteiger partial charge < -0.3 is 5.73 Å². The van der Waals surface area contributed by atoms with E-state index in [2.05, 4.69) is 0 Å². The van der Waals surface area contributed by atoms with Gasteiger partial charge in [-0.1, -0.05) is 42.5 Å². The summed E-state index contributed by atoms with van der Waals surface area (Å²) in [7, 11) is -4.06. The molecule has 0 atom stereocenters. The fourth-order valence-corrected chi connectivity index (χ4v) is 2.85. The Kier molecular flexibility index (Phi) is 4.88. The molecule has 0 fully saturated rings. The van der Waals surface area contributed by atoms with Crippen LogP contribution in [0.15, 0.2) is 53.4 Å². The molecule has 0 unspecified atom stereocenters. The molecule has 20 heavy (non-hydrogen) atoms. The Balaban J connectivity index is 0.00000200. The first-order chi connectivity index (χ1) is 8.91. The molecule has 106 valence electrons. The molecule has 0 aliphatic heterocycles. The SMILES string of the molecule is Cl.NC(=O)c1cccc(-c2ccccc2)c1S(N)(=O)=O. The molecular weight excluding hydrogens is 300 g/mol. The van der Waals surface area contributed by atoms with E-state index in [1.54, 1.807) is 42.5 Å². The highest BCUT2D eigenvalue weighted by Crippen LogP contribution is 2.29. The summed E-state index contributed by atoms with van der Waals surface area (Å²) >= 11 is 0. The molecule has 0 aliphatic carbocycles. The number of nitrogens with two attached hydrogens (primary N) is 2. The van der Waals surface area contributed by atoms with Gasteiger partial charge in [-0.3, -0.25) is 4.79 Å². The topological polar surface area (TPSA) is 103 Å². The summed E-state index contributed by atoms with van der Waals surface area (Å²) in [4.78, 5) is 11.1. The molecule has 0 radical (unpaired) electrons. The van der Waals surface area contributed by atoms with Crippen LogP contribution in [-0.4, -0.2) is 14.3 Å². The van der Waals surface area contributed by atoms with E-state index in [0.29, 0.717) is 11.1 Å². The molecule has 0 saturated carbocycles. The molecule has 0 aliphatic rings. The van der Waals surface area contributed by atoms with Gasteiger partial charge >= 0.3 is 0 Å². The van der Waals surface area contributed by atoms with Gasteiger partial charge in [0.1, 0.15) is 4.90 Å².